The van der Waals surface area contributed by atoms with Crippen LogP contribution in [0.4, 0.5) is 0 Å². The van der Waals surface area contributed by atoms with Crippen molar-refractivity contribution in [2.45, 2.75) is 44.7 Å². The summed E-state index contributed by atoms with van der Waals surface area (Å²) in [6, 6.07) is 8.92. The van der Waals surface area contributed by atoms with Gasteiger partial charge in [-0.15, -0.1) is 0 Å². The minimum absolute atomic E-state index is 0.320. The summed E-state index contributed by atoms with van der Waals surface area (Å²) in [7, 11) is 3.83. The van der Waals surface area contributed by atoms with Gasteiger partial charge < -0.3 is 15.0 Å². The molecule has 3 heteroatoms. The molecule has 1 saturated heterocycles. The van der Waals surface area contributed by atoms with Crippen molar-refractivity contribution < 1.29 is 4.74 Å². The van der Waals surface area contributed by atoms with E-state index in [0.29, 0.717) is 11.6 Å². The zero-order valence-electron chi connectivity index (χ0n) is 13.3. The van der Waals surface area contributed by atoms with Gasteiger partial charge in [0.2, 0.25) is 0 Å². The molecule has 0 aliphatic carbocycles. The minimum Gasteiger partial charge on any atom is -0.496 e. The van der Waals surface area contributed by atoms with Gasteiger partial charge in [0, 0.05) is 24.7 Å². The van der Waals surface area contributed by atoms with Crippen molar-refractivity contribution in [3.63, 3.8) is 0 Å². The van der Waals surface area contributed by atoms with E-state index in [1.165, 1.54) is 31.5 Å². The molecule has 20 heavy (non-hydrogen) atoms. The van der Waals surface area contributed by atoms with Gasteiger partial charge >= 0.3 is 0 Å². The summed E-state index contributed by atoms with van der Waals surface area (Å²) in [6.07, 6.45) is 3.50. The van der Waals surface area contributed by atoms with Crippen molar-refractivity contribution >= 4 is 0 Å². The molecule has 1 N–H and O–H groups in total. The average Bonchev–Trinajstić information content (AvgIpc) is 2.48. The highest BCUT2D eigenvalue weighted by Crippen LogP contribution is 2.25. The van der Waals surface area contributed by atoms with E-state index < -0.39 is 0 Å². The van der Waals surface area contributed by atoms with Crippen LogP contribution in [0.1, 0.15) is 32.3 Å². The number of likely N-dealkylation sites (tertiary alicyclic amines) is 1. The van der Waals surface area contributed by atoms with Crippen molar-refractivity contribution in [1.29, 1.82) is 0 Å². The van der Waals surface area contributed by atoms with Crippen LogP contribution in [0.25, 0.3) is 0 Å². The molecule has 1 aromatic rings. The molecule has 0 aromatic heterocycles. The summed E-state index contributed by atoms with van der Waals surface area (Å²) in [4.78, 5) is 2.60. The quantitative estimate of drug-likeness (QED) is 0.895. The van der Waals surface area contributed by atoms with E-state index in [9.17, 15) is 0 Å². The highest BCUT2D eigenvalue weighted by Gasteiger charge is 2.30. The highest BCUT2D eigenvalue weighted by molar-refractivity contribution is 5.33. The first-order valence-electron chi connectivity index (χ1n) is 7.63. The van der Waals surface area contributed by atoms with Crippen molar-refractivity contribution in [3.05, 3.63) is 29.8 Å². The SMILES string of the molecule is CNC1(C)CCN(C(C)Cc2ccccc2OC)CC1. The summed E-state index contributed by atoms with van der Waals surface area (Å²) in [6.45, 7) is 7.00. The predicted molar refractivity (Wildman–Crippen MR) is 84.4 cm³/mol. The first kappa shape index (κ1) is 15.3. The fourth-order valence-electron chi connectivity index (χ4n) is 3.03. The monoisotopic (exact) mass is 276 g/mol. The molecule has 1 unspecified atom stereocenters. The van der Waals surface area contributed by atoms with Gasteiger partial charge in [0.25, 0.3) is 0 Å². The Hall–Kier alpha value is -1.06. The lowest BCUT2D eigenvalue weighted by molar-refractivity contribution is 0.117. The number of hydrogen-bond donors (Lipinski definition) is 1. The number of ether oxygens (including phenoxy) is 1. The molecule has 112 valence electrons. The fraction of sp³-hybridized carbons (Fsp3) is 0.647. The molecule has 0 spiro atoms. The van der Waals surface area contributed by atoms with Crippen molar-refractivity contribution in [2.75, 3.05) is 27.2 Å². The lowest BCUT2D eigenvalue weighted by Gasteiger charge is -2.42. The Morgan fingerprint density at radius 1 is 1.30 bits per heavy atom. The van der Waals surface area contributed by atoms with Crippen LogP contribution in [0.15, 0.2) is 24.3 Å². The van der Waals surface area contributed by atoms with Crippen LogP contribution < -0.4 is 10.1 Å². The van der Waals surface area contributed by atoms with Gasteiger partial charge in [-0.25, -0.2) is 0 Å². The normalized spacial score (nSPS) is 20.6. The number of para-hydroxylation sites is 1. The maximum atomic E-state index is 5.46. The molecule has 1 heterocycles. The number of nitrogens with zero attached hydrogens (tertiary/aromatic N) is 1. The lowest BCUT2D eigenvalue weighted by Crippen LogP contribution is -2.52. The number of hydrogen-bond acceptors (Lipinski definition) is 3. The smallest absolute Gasteiger partial charge is 0.122 e. The van der Waals surface area contributed by atoms with Crippen molar-refractivity contribution in [2.24, 2.45) is 0 Å². The van der Waals surface area contributed by atoms with Gasteiger partial charge in [0.1, 0.15) is 5.75 Å². The van der Waals surface area contributed by atoms with E-state index in [1.807, 2.05) is 6.07 Å². The minimum atomic E-state index is 0.320. The summed E-state index contributed by atoms with van der Waals surface area (Å²) < 4.78 is 5.46. The van der Waals surface area contributed by atoms with E-state index in [2.05, 4.69) is 49.3 Å². The van der Waals surface area contributed by atoms with Gasteiger partial charge in [-0.1, -0.05) is 18.2 Å². The van der Waals surface area contributed by atoms with E-state index >= 15 is 0 Å². The first-order chi connectivity index (χ1) is 9.58. The molecular formula is C17H28N2O. The molecule has 0 saturated carbocycles. The number of benzene rings is 1. The third-order valence-electron chi connectivity index (χ3n) is 4.84. The van der Waals surface area contributed by atoms with Crippen molar-refractivity contribution in [1.82, 2.24) is 10.2 Å². The van der Waals surface area contributed by atoms with E-state index in [0.717, 1.165) is 12.2 Å². The van der Waals surface area contributed by atoms with Crippen LogP contribution in [0.3, 0.4) is 0 Å². The molecule has 2 rings (SSSR count). The molecule has 0 amide bonds. The number of nitrogens with one attached hydrogen (secondary N) is 1. The van der Waals surface area contributed by atoms with Crippen LogP contribution >= 0.6 is 0 Å². The van der Waals surface area contributed by atoms with E-state index in [1.54, 1.807) is 7.11 Å². The second-order valence-corrected chi connectivity index (χ2v) is 6.21. The lowest BCUT2D eigenvalue weighted by atomic mass is 9.89. The average molecular weight is 276 g/mol. The third kappa shape index (κ3) is 3.53. The second-order valence-electron chi connectivity index (χ2n) is 6.21. The zero-order valence-corrected chi connectivity index (χ0v) is 13.3. The third-order valence-corrected chi connectivity index (χ3v) is 4.84. The molecular weight excluding hydrogens is 248 g/mol. The fourth-order valence-corrected chi connectivity index (χ4v) is 3.03. The summed E-state index contributed by atoms with van der Waals surface area (Å²) in [5.41, 5.74) is 1.63. The summed E-state index contributed by atoms with van der Waals surface area (Å²) >= 11 is 0. The largest absolute Gasteiger partial charge is 0.496 e. The Morgan fingerprint density at radius 2 is 1.95 bits per heavy atom. The highest BCUT2D eigenvalue weighted by atomic mass is 16.5. The maximum absolute atomic E-state index is 5.46. The Kier molecular flexibility index (Phi) is 5.06. The topological polar surface area (TPSA) is 24.5 Å². The van der Waals surface area contributed by atoms with Crippen LogP contribution in [-0.2, 0) is 6.42 Å². The van der Waals surface area contributed by atoms with Gasteiger partial charge in [-0.3, -0.25) is 0 Å². The van der Waals surface area contributed by atoms with Crippen LogP contribution in [-0.4, -0.2) is 43.7 Å². The van der Waals surface area contributed by atoms with Crippen LogP contribution in [0.2, 0.25) is 0 Å². The number of rotatable bonds is 5. The zero-order chi connectivity index (χ0) is 14.6. The van der Waals surface area contributed by atoms with Gasteiger partial charge in [-0.2, -0.15) is 0 Å². The van der Waals surface area contributed by atoms with Crippen molar-refractivity contribution in [3.8, 4) is 5.75 Å². The van der Waals surface area contributed by atoms with E-state index in [-0.39, 0.29) is 0 Å². The number of methoxy groups -OCH3 is 1. The predicted octanol–water partition coefficient (Wildman–Crippen LogP) is 2.70. The van der Waals surface area contributed by atoms with Gasteiger partial charge in [0.05, 0.1) is 7.11 Å². The molecule has 1 aliphatic heterocycles. The standard InChI is InChI=1S/C17H28N2O/c1-14(13-15-7-5-6-8-16(15)20-4)19-11-9-17(2,18-3)10-12-19/h5-8,14,18H,9-13H2,1-4H3. The molecule has 0 radical (unpaired) electrons. The first-order valence-corrected chi connectivity index (χ1v) is 7.63. The molecule has 1 atom stereocenters. The summed E-state index contributed by atoms with van der Waals surface area (Å²) in [5, 5.41) is 3.46. The Morgan fingerprint density at radius 3 is 2.55 bits per heavy atom. The number of piperidine rings is 1. The van der Waals surface area contributed by atoms with Gasteiger partial charge in [0.15, 0.2) is 0 Å². The maximum Gasteiger partial charge on any atom is 0.122 e. The van der Waals surface area contributed by atoms with Crippen LogP contribution in [0.5, 0.6) is 5.75 Å². The Bertz CT molecular complexity index is 425. The molecule has 1 fully saturated rings. The molecule has 1 aromatic carbocycles. The second kappa shape index (κ2) is 6.59. The molecule has 1 aliphatic rings. The van der Waals surface area contributed by atoms with Gasteiger partial charge in [-0.05, 0) is 51.8 Å². The molecule has 0 bridgehead atoms. The Balaban J connectivity index is 1.94. The summed E-state index contributed by atoms with van der Waals surface area (Å²) in [5.74, 6) is 1.01. The van der Waals surface area contributed by atoms with Crippen LogP contribution in [0, 0.1) is 0 Å². The Labute approximate surface area is 123 Å². The van der Waals surface area contributed by atoms with E-state index in [4.69, 9.17) is 4.74 Å². The molecule has 3 nitrogen and oxygen atoms in total.